The SMILES string of the molecule is COCc1cc2oc(=N)c3ccc(F)cc3n2n1. The molecule has 0 spiro atoms. The highest BCUT2D eigenvalue weighted by Gasteiger charge is 2.09. The van der Waals surface area contributed by atoms with E-state index in [2.05, 4.69) is 5.10 Å². The summed E-state index contributed by atoms with van der Waals surface area (Å²) in [4.78, 5) is 0. The van der Waals surface area contributed by atoms with Crippen LogP contribution in [0.25, 0.3) is 16.6 Å². The number of benzene rings is 1. The molecule has 0 fully saturated rings. The highest BCUT2D eigenvalue weighted by atomic mass is 19.1. The predicted octanol–water partition coefficient (Wildman–Crippen LogP) is 1.85. The number of nitrogens with one attached hydrogen (secondary N) is 1. The summed E-state index contributed by atoms with van der Waals surface area (Å²) in [6.45, 7) is 0.335. The molecular weight excluding hydrogens is 237 g/mol. The number of hydrogen-bond acceptors (Lipinski definition) is 4. The lowest BCUT2D eigenvalue weighted by Crippen LogP contribution is -2.04. The molecule has 2 aromatic heterocycles. The molecule has 0 unspecified atom stereocenters. The molecule has 0 aliphatic rings. The van der Waals surface area contributed by atoms with Crippen LogP contribution in [0.2, 0.25) is 0 Å². The average Bonchev–Trinajstić information content (AvgIpc) is 2.72. The molecule has 0 radical (unpaired) electrons. The largest absolute Gasteiger partial charge is 0.420 e. The van der Waals surface area contributed by atoms with E-state index in [0.29, 0.717) is 28.9 Å². The number of ether oxygens (including phenoxy) is 1. The van der Waals surface area contributed by atoms with E-state index in [1.54, 1.807) is 13.2 Å². The van der Waals surface area contributed by atoms with Crippen molar-refractivity contribution in [3.05, 3.63) is 41.3 Å². The maximum absolute atomic E-state index is 13.3. The lowest BCUT2D eigenvalue weighted by Gasteiger charge is -2.00. The zero-order valence-corrected chi connectivity index (χ0v) is 9.61. The summed E-state index contributed by atoms with van der Waals surface area (Å²) in [5.41, 5.74) is 1.55. The van der Waals surface area contributed by atoms with Crippen LogP contribution in [0.4, 0.5) is 4.39 Å². The Morgan fingerprint density at radius 3 is 3.06 bits per heavy atom. The first-order chi connectivity index (χ1) is 8.69. The fourth-order valence-corrected chi connectivity index (χ4v) is 1.91. The van der Waals surface area contributed by atoms with Gasteiger partial charge in [-0.1, -0.05) is 0 Å². The van der Waals surface area contributed by atoms with Gasteiger partial charge in [0.15, 0.2) is 0 Å². The van der Waals surface area contributed by atoms with Gasteiger partial charge in [-0.15, -0.1) is 0 Å². The fourth-order valence-electron chi connectivity index (χ4n) is 1.91. The summed E-state index contributed by atoms with van der Waals surface area (Å²) < 4.78 is 25.1. The summed E-state index contributed by atoms with van der Waals surface area (Å²) in [6, 6.07) is 5.81. The van der Waals surface area contributed by atoms with Crippen LogP contribution in [0.1, 0.15) is 5.69 Å². The smallest absolute Gasteiger partial charge is 0.225 e. The second kappa shape index (κ2) is 3.92. The lowest BCUT2D eigenvalue weighted by molar-refractivity contribution is 0.181. The number of hydrogen-bond donors (Lipinski definition) is 1. The van der Waals surface area contributed by atoms with E-state index < -0.39 is 0 Å². The van der Waals surface area contributed by atoms with Gasteiger partial charge in [-0.2, -0.15) is 9.61 Å². The summed E-state index contributed by atoms with van der Waals surface area (Å²) in [7, 11) is 1.56. The molecule has 0 aliphatic heterocycles. The minimum absolute atomic E-state index is 0.0126. The van der Waals surface area contributed by atoms with Crippen LogP contribution in [0.15, 0.2) is 28.7 Å². The number of fused-ring (bicyclic) bond motifs is 3. The minimum atomic E-state index is -0.377. The first-order valence-electron chi connectivity index (χ1n) is 5.33. The van der Waals surface area contributed by atoms with Gasteiger partial charge in [-0.05, 0) is 12.1 Å². The molecule has 2 heterocycles. The van der Waals surface area contributed by atoms with Crippen LogP contribution in [0, 0.1) is 11.2 Å². The quantitative estimate of drug-likeness (QED) is 0.751. The van der Waals surface area contributed by atoms with Crippen molar-refractivity contribution in [3.63, 3.8) is 0 Å². The molecule has 3 aromatic rings. The molecule has 18 heavy (non-hydrogen) atoms. The summed E-state index contributed by atoms with van der Waals surface area (Å²) in [6.07, 6.45) is 0. The van der Waals surface area contributed by atoms with Crippen molar-refractivity contribution in [3.8, 4) is 0 Å². The third-order valence-electron chi connectivity index (χ3n) is 2.66. The third kappa shape index (κ3) is 1.58. The second-order valence-electron chi connectivity index (χ2n) is 3.91. The van der Waals surface area contributed by atoms with Gasteiger partial charge in [0.05, 0.1) is 23.2 Å². The number of rotatable bonds is 2. The van der Waals surface area contributed by atoms with Crippen LogP contribution < -0.4 is 5.55 Å². The van der Waals surface area contributed by atoms with E-state index in [0.717, 1.165) is 0 Å². The minimum Gasteiger partial charge on any atom is -0.420 e. The Morgan fingerprint density at radius 1 is 1.44 bits per heavy atom. The topological polar surface area (TPSA) is 63.5 Å². The summed E-state index contributed by atoms with van der Waals surface area (Å²) in [5.74, 6) is -0.377. The Kier molecular flexibility index (Phi) is 2.38. The van der Waals surface area contributed by atoms with Crippen molar-refractivity contribution in [1.29, 1.82) is 5.41 Å². The van der Waals surface area contributed by atoms with Gasteiger partial charge in [-0.25, -0.2) is 4.39 Å². The maximum Gasteiger partial charge on any atom is 0.225 e. The van der Waals surface area contributed by atoms with E-state index in [4.69, 9.17) is 14.6 Å². The average molecular weight is 247 g/mol. The predicted molar refractivity (Wildman–Crippen MR) is 61.5 cm³/mol. The summed E-state index contributed by atoms with van der Waals surface area (Å²) >= 11 is 0. The van der Waals surface area contributed by atoms with Crippen molar-refractivity contribution in [2.45, 2.75) is 6.61 Å². The Balaban J connectivity index is 2.42. The number of methoxy groups -OCH3 is 1. The lowest BCUT2D eigenvalue weighted by atomic mass is 10.2. The van der Waals surface area contributed by atoms with Gasteiger partial charge in [0.2, 0.25) is 11.3 Å². The van der Waals surface area contributed by atoms with E-state index in [1.807, 2.05) is 0 Å². The number of aromatic nitrogens is 2. The van der Waals surface area contributed by atoms with E-state index in [1.165, 1.54) is 22.7 Å². The Morgan fingerprint density at radius 2 is 2.28 bits per heavy atom. The van der Waals surface area contributed by atoms with Gasteiger partial charge in [0.25, 0.3) is 0 Å². The molecule has 3 rings (SSSR count). The Hall–Kier alpha value is -2.21. The highest BCUT2D eigenvalue weighted by Crippen LogP contribution is 2.15. The van der Waals surface area contributed by atoms with Crippen LogP contribution in [-0.4, -0.2) is 16.7 Å². The molecule has 0 saturated heterocycles. The monoisotopic (exact) mass is 247 g/mol. The van der Waals surface area contributed by atoms with Crippen molar-refractivity contribution >= 4 is 16.6 Å². The van der Waals surface area contributed by atoms with Crippen LogP contribution >= 0.6 is 0 Å². The van der Waals surface area contributed by atoms with Crippen LogP contribution in [0.3, 0.4) is 0 Å². The first-order valence-corrected chi connectivity index (χ1v) is 5.33. The first kappa shape index (κ1) is 10.9. The van der Waals surface area contributed by atoms with Crippen molar-refractivity contribution in [2.24, 2.45) is 0 Å². The molecular formula is C12H10FN3O2. The Bertz CT molecular complexity index is 791. The standard InChI is InChI=1S/C12H10FN3O2/c1-17-6-8-5-11-16(15-8)10-4-7(13)2-3-9(10)12(14)18-11/h2-5,14H,6H2,1H3. The number of nitrogens with zero attached hydrogens (tertiary/aromatic N) is 2. The zero-order valence-electron chi connectivity index (χ0n) is 9.61. The Labute approximate surface area is 101 Å². The zero-order chi connectivity index (χ0) is 12.7. The maximum atomic E-state index is 13.3. The van der Waals surface area contributed by atoms with E-state index in [9.17, 15) is 4.39 Å². The van der Waals surface area contributed by atoms with Gasteiger partial charge in [-0.3, -0.25) is 5.41 Å². The molecule has 0 amide bonds. The second-order valence-corrected chi connectivity index (χ2v) is 3.91. The van der Waals surface area contributed by atoms with Gasteiger partial charge < -0.3 is 9.15 Å². The molecule has 5 nitrogen and oxygen atoms in total. The molecule has 0 saturated carbocycles. The van der Waals surface area contributed by atoms with E-state index >= 15 is 0 Å². The molecule has 1 aromatic carbocycles. The number of halogens is 1. The van der Waals surface area contributed by atoms with Gasteiger partial charge in [0, 0.05) is 19.2 Å². The van der Waals surface area contributed by atoms with Crippen LogP contribution in [0.5, 0.6) is 0 Å². The van der Waals surface area contributed by atoms with Crippen molar-refractivity contribution in [2.75, 3.05) is 7.11 Å². The van der Waals surface area contributed by atoms with Crippen molar-refractivity contribution < 1.29 is 13.5 Å². The molecule has 6 heteroatoms. The normalized spacial score (nSPS) is 11.4. The fraction of sp³-hybridized carbons (Fsp3) is 0.167. The summed E-state index contributed by atoms with van der Waals surface area (Å²) in [5, 5.41) is 12.5. The molecule has 92 valence electrons. The van der Waals surface area contributed by atoms with Gasteiger partial charge in [0.1, 0.15) is 5.82 Å². The highest BCUT2D eigenvalue weighted by molar-refractivity contribution is 5.78. The molecule has 1 N–H and O–H groups in total. The molecule has 0 bridgehead atoms. The van der Waals surface area contributed by atoms with Crippen molar-refractivity contribution in [1.82, 2.24) is 9.61 Å². The van der Waals surface area contributed by atoms with Gasteiger partial charge >= 0.3 is 0 Å². The van der Waals surface area contributed by atoms with Crippen LogP contribution in [-0.2, 0) is 11.3 Å². The third-order valence-corrected chi connectivity index (χ3v) is 2.66. The van der Waals surface area contributed by atoms with E-state index in [-0.39, 0.29) is 11.4 Å². The molecule has 0 aliphatic carbocycles. The molecule has 0 atom stereocenters.